The van der Waals surface area contributed by atoms with Crippen molar-refractivity contribution >= 4 is 31.4 Å². The van der Waals surface area contributed by atoms with E-state index in [4.69, 9.17) is 0 Å². The van der Waals surface area contributed by atoms with E-state index in [1.165, 1.54) is 0 Å². The van der Waals surface area contributed by atoms with Crippen molar-refractivity contribution in [2.45, 2.75) is 31.1 Å². The standard InChI is InChI=1S/C26H22O4S3/c27-32(28,23-7-3-1-4-8-23)25-15-11-21(12-16-25)19-31-20-22-13-17-26(18-14-22)33(29,30)24-9-5-2-6-10-24/h1-18H,19-20H2. The van der Waals surface area contributed by atoms with E-state index in [1.54, 1.807) is 96.7 Å². The van der Waals surface area contributed by atoms with E-state index < -0.39 is 19.7 Å². The molecule has 0 N–H and O–H groups in total. The van der Waals surface area contributed by atoms with Crippen LogP contribution in [0.5, 0.6) is 0 Å². The van der Waals surface area contributed by atoms with Crippen molar-refractivity contribution in [2.75, 3.05) is 0 Å². The van der Waals surface area contributed by atoms with Gasteiger partial charge in [0.1, 0.15) is 0 Å². The van der Waals surface area contributed by atoms with E-state index in [9.17, 15) is 16.8 Å². The molecule has 0 heterocycles. The third-order valence-electron chi connectivity index (χ3n) is 5.11. The monoisotopic (exact) mass is 494 g/mol. The van der Waals surface area contributed by atoms with Gasteiger partial charge < -0.3 is 0 Å². The topological polar surface area (TPSA) is 68.3 Å². The summed E-state index contributed by atoms with van der Waals surface area (Å²) >= 11 is 1.68. The highest BCUT2D eigenvalue weighted by atomic mass is 32.2. The Kier molecular flexibility index (Phi) is 7.02. The summed E-state index contributed by atoms with van der Waals surface area (Å²) < 4.78 is 50.7. The van der Waals surface area contributed by atoms with Crippen LogP contribution in [0.25, 0.3) is 0 Å². The summed E-state index contributed by atoms with van der Waals surface area (Å²) in [5.41, 5.74) is 2.05. The molecule has 0 aliphatic heterocycles. The number of hydrogen-bond acceptors (Lipinski definition) is 5. The molecular formula is C26H22O4S3. The van der Waals surface area contributed by atoms with Crippen LogP contribution in [-0.4, -0.2) is 16.8 Å². The van der Waals surface area contributed by atoms with Gasteiger partial charge in [0, 0.05) is 11.5 Å². The van der Waals surface area contributed by atoms with Crippen molar-refractivity contribution in [1.82, 2.24) is 0 Å². The fraction of sp³-hybridized carbons (Fsp3) is 0.0769. The molecule has 0 unspecified atom stereocenters. The number of hydrogen-bond donors (Lipinski definition) is 0. The summed E-state index contributed by atoms with van der Waals surface area (Å²) in [5.74, 6) is 1.44. The van der Waals surface area contributed by atoms with Crippen LogP contribution in [0.2, 0.25) is 0 Å². The lowest BCUT2D eigenvalue weighted by atomic mass is 10.2. The zero-order valence-electron chi connectivity index (χ0n) is 17.7. The zero-order valence-corrected chi connectivity index (χ0v) is 20.1. The highest BCUT2D eigenvalue weighted by Crippen LogP contribution is 2.25. The first-order valence-electron chi connectivity index (χ1n) is 10.2. The van der Waals surface area contributed by atoms with Crippen molar-refractivity contribution in [2.24, 2.45) is 0 Å². The van der Waals surface area contributed by atoms with Crippen LogP contribution in [0, 0.1) is 0 Å². The molecule has 168 valence electrons. The molecule has 4 rings (SSSR count). The van der Waals surface area contributed by atoms with Gasteiger partial charge in [-0.15, -0.1) is 0 Å². The smallest absolute Gasteiger partial charge is 0.206 e. The molecule has 0 saturated carbocycles. The van der Waals surface area contributed by atoms with E-state index in [-0.39, 0.29) is 19.6 Å². The van der Waals surface area contributed by atoms with Crippen molar-refractivity contribution in [3.05, 3.63) is 120 Å². The van der Waals surface area contributed by atoms with Crippen LogP contribution in [0.1, 0.15) is 11.1 Å². The van der Waals surface area contributed by atoms with Gasteiger partial charge in [-0.25, -0.2) is 16.8 Å². The Bertz CT molecular complexity index is 1300. The normalized spacial score (nSPS) is 11.9. The van der Waals surface area contributed by atoms with Gasteiger partial charge in [-0.2, -0.15) is 11.8 Å². The lowest BCUT2D eigenvalue weighted by Gasteiger charge is -2.08. The number of sulfone groups is 2. The molecule has 0 radical (unpaired) electrons. The van der Waals surface area contributed by atoms with Gasteiger partial charge in [0.25, 0.3) is 0 Å². The van der Waals surface area contributed by atoms with Gasteiger partial charge in [-0.3, -0.25) is 0 Å². The Balaban J connectivity index is 1.36. The van der Waals surface area contributed by atoms with E-state index in [0.717, 1.165) is 22.6 Å². The molecular weight excluding hydrogens is 472 g/mol. The summed E-state index contributed by atoms with van der Waals surface area (Å²) in [6, 6.07) is 30.7. The Morgan fingerprint density at radius 3 is 1.06 bits per heavy atom. The third-order valence-corrected chi connectivity index (χ3v) is 9.76. The Labute approximate surface area is 199 Å². The predicted molar refractivity (Wildman–Crippen MR) is 132 cm³/mol. The van der Waals surface area contributed by atoms with E-state index >= 15 is 0 Å². The quantitative estimate of drug-likeness (QED) is 0.310. The molecule has 0 bridgehead atoms. The molecule has 0 fully saturated rings. The molecule has 4 nitrogen and oxygen atoms in total. The molecule has 7 heteroatoms. The van der Waals surface area contributed by atoms with Crippen LogP contribution in [0.4, 0.5) is 0 Å². The maximum absolute atomic E-state index is 12.7. The first-order chi connectivity index (χ1) is 15.9. The second-order valence-electron chi connectivity index (χ2n) is 7.41. The summed E-state index contributed by atoms with van der Waals surface area (Å²) in [6.45, 7) is 0. The average Bonchev–Trinajstić information content (AvgIpc) is 2.86. The minimum Gasteiger partial charge on any atom is -0.219 e. The molecule has 0 spiro atoms. The summed E-state index contributed by atoms with van der Waals surface area (Å²) in [7, 11) is -7.02. The van der Waals surface area contributed by atoms with Crippen LogP contribution >= 0.6 is 11.8 Å². The Morgan fingerprint density at radius 2 is 0.727 bits per heavy atom. The lowest BCUT2D eigenvalue weighted by molar-refractivity contribution is 0.594. The van der Waals surface area contributed by atoms with Gasteiger partial charge in [0.05, 0.1) is 19.6 Å². The molecule has 0 saturated heterocycles. The molecule has 4 aromatic carbocycles. The Hall–Kier alpha value is -2.87. The zero-order chi connectivity index (χ0) is 23.3. The summed E-state index contributed by atoms with van der Waals surface area (Å²) in [4.78, 5) is 1.12. The molecule has 0 aliphatic rings. The first kappa shape index (κ1) is 23.3. The first-order valence-corrected chi connectivity index (χ1v) is 14.4. The van der Waals surface area contributed by atoms with Gasteiger partial charge in [-0.05, 0) is 59.7 Å². The largest absolute Gasteiger partial charge is 0.219 e. The van der Waals surface area contributed by atoms with Crippen LogP contribution in [-0.2, 0) is 31.2 Å². The average molecular weight is 495 g/mol. The van der Waals surface area contributed by atoms with Crippen molar-refractivity contribution in [3.8, 4) is 0 Å². The highest BCUT2D eigenvalue weighted by Gasteiger charge is 2.18. The third kappa shape index (κ3) is 5.38. The predicted octanol–water partition coefficient (Wildman–Crippen LogP) is 5.79. The van der Waals surface area contributed by atoms with Gasteiger partial charge in [0.15, 0.2) is 0 Å². The number of thioether (sulfide) groups is 1. The maximum Gasteiger partial charge on any atom is 0.206 e. The van der Waals surface area contributed by atoms with Crippen molar-refractivity contribution in [1.29, 1.82) is 0 Å². The molecule has 0 amide bonds. The van der Waals surface area contributed by atoms with Gasteiger partial charge in [-0.1, -0.05) is 60.7 Å². The molecule has 0 atom stereocenters. The van der Waals surface area contributed by atoms with E-state index in [2.05, 4.69) is 0 Å². The van der Waals surface area contributed by atoms with Crippen LogP contribution < -0.4 is 0 Å². The number of benzene rings is 4. The molecule has 4 aromatic rings. The summed E-state index contributed by atoms with van der Waals surface area (Å²) in [6.07, 6.45) is 0. The fourth-order valence-electron chi connectivity index (χ4n) is 3.29. The second-order valence-corrected chi connectivity index (χ2v) is 12.3. The van der Waals surface area contributed by atoms with Crippen LogP contribution in [0.15, 0.2) is 129 Å². The van der Waals surface area contributed by atoms with Crippen LogP contribution in [0.3, 0.4) is 0 Å². The highest BCUT2D eigenvalue weighted by molar-refractivity contribution is 7.97. The van der Waals surface area contributed by atoms with Gasteiger partial charge >= 0.3 is 0 Å². The van der Waals surface area contributed by atoms with E-state index in [1.807, 2.05) is 24.3 Å². The molecule has 0 aromatic heterocycles. The number of rotatable bonds is 8. The fourth-order valence-corrected chi connectivity index (χ4v) is 6.81. The minimum atomic E-state index is -3.51. The van der Waals surface area contributed by atoms with E-state index in [0.29, 0.717) is 0 Å². The van der Waals surface area contributed by atoms with Crippen molar-refractivity contribution in [3.63, 3.8) is 0 Å². The summed E-state index contributed by atoms with van der Waals surface area (Å²) in [5, 5.41) is 0. The maximum atomic E-state index is 12.7. The minimum absolute atomic E-state index is 0.276. The molecule has 0 aliphatic carbocycles. The Morgan fingerprint density at radius 1 is 0.424 bits per heavy atom. The van der Waals surface area contributed by atoms with Crippen molar-refractivity contribution < 1.29 is 16.8 Å². The second kappa shape index (κ2) is 9.95. The van der Waals surface area contributed by atoms with Gasteiger partial charge in [0.2, 0.25) is 19.7 Å². The lowest BCUT2D eigenvalue weighted by Crippen LogP contribution is -2.02. The SMILES string of the molecule is O=S(=O)(c1ccccc1)c1ccc(CSCc2ccc(S(=O)(=O)c3ccccc3)cc2)cc1. The molecule has 33 heavy (non-hydrogen) atoms.